The van der Waals surface area contributed by atoms with Crippen molar-refractivity contribution >= 4 is 27.1 Å². The maximum atomic E-state index is 12.1. The lowest BCUT2D eigenvalue weighted by molar-refractivity contribution is 0.101. The minimum absolute atomic E-state index is 0.0872. The highest BCUT2D eigenvalue weighted by Crippen LogP contribution is 2.15. The van der Waals surface area contributed by atoms with Gasteiger partial charge in [0.15, 0.2) is 5.78 Å². The normalized spacial score (nSPS) is 11.5. The average molecular weight is 309 g/mol. The van der Waals surface area contributed by atoms with Crippen molar-refractivity contribution in [3.63, 3.8) is 0 Å². The van der Waals surface area contributed by atoms with Crippen molar-refractivity contribution in [3.05, 3.63) is 51.7 Å². The Balaban J connectivity index is 2.14. The summed E-state index contributed by atoms with van der Waals surface area (Å²) in [5.41, 5.74) is 2.54. The van der Waals surface area contributed by atoms with E-state index >= 15 is 0 Å². The Morgan fingerprint density at radius 2 is 1.85 bits per heavy atom. The quantitative estimate of drug-likeness (QED) is 0.864. The lowest BCUT2D eigenvalue weighted by Gasteiger charge is -2.07. The molecule has 1 heterocycles. The van der Waals surface area contributed by atoms with Gasteiger partial charge in [0.1, 0.15) is 0 Å². The summed E-state index contributed by atoms with van der Waals surface area (Å²) in [7, 11) is -3.55. The van der Waals surface area contributed by atoms with Crippen LogP contribution in [0.5, 0.6) is 0 Å². The van der Waals surface area contributed by atoms with Gasteiger partial charge in [-0.3, -0.25) is 4.79 Å². The van der Waals surface area contributed by atoms with E-state index in [2.05, 4.69) is 4.72 Å². The first-order valence-electron chi connectivity index (χ1n) is 6.02. The molecule has 0 atom stereocenters. The Labute approximate surface area is 122 Å². The van der Waals surface area contributed by atoms with E-state index in [4.69, 9.17) is 0 Å². The van der Waals surface area contributed by atoms with Crippen molar-refractivity contribution in [2.75, 3.05) is 0 Å². The van der Waals surface area contributed by atoms with E-state index in [0.29, 0.717) is 5.56 Å². The third-order valence-corrected chi connectivity index (χ3v) is 5.31. The van der Waals surface area contributed by atoms with Crippen LogP contribution >= 0.6 is 11.3 Å². The summed E-state index contributed by atoms with van der Waals surface area (Å²) in [6.45, 7) is 3.66. The fourth-order valence-electron chi connectivity index (χ4n) is 1.69. The van der Waals surface area contributed by atoms with E-state index in [0.717, 1.165) is 11.1 Å². The molecule has 106 valence electrons. The minimum atomic E-state index is -3.55. The molecule has 0 aliphatic heterocycles. The fraction of sp³-hybridized carbons (Fsp3) is 0.214. The van der Waals surface area contributed by atoms with Crippen molar-refractivity contribution in [1.29, 1.82) is 0 Å². The highest BCUT2D eigenvalue weighted by molar-refractivity contribution is 7.89. The van der Waals surface area contributed by atoms with Crippen LogP contribution in [0, 0.1) is 6.92 Å². The molecule has 0 unspecified atom stereocenters. The summed E-state index contributed by atoms with van der Waals surface area (Å²) in [5, 5.41) is 3.90. The second kappa shape index (κ2) is 5.87. The molecule has 2 aromatic rings. The van der Waals surface area contributed by atoms with E-state index in [1.54, 1.807) is 11.3 Å². The summed E-state index contributed by atoms with van der Waals surface area (Å²) < 4.78 is 26.8. The number of sulfonamides is 1. The van der Waals surface area contributed by atoms with Gasteiger partial charge in [-0.1, -0.05) is 12.1 Å². The van der Waals surface area contributed by atoms with Crippen molar-refractivity contribution in [1.82, 2.24) is 4.72 Å². The smallest absolute Gasteiger partial charge is 0.240 e. The molecule has 0 radical (unpaired) electrons. The zero-order valence-corrected chi connectivity index (χ0v) is 12.8. The predicted octanol–water partition coefficient (Wildman–Crippen LogP) is 2.74. The monoisotopic (exact) mass is 309 g/mol. The van der Waals surface area contributed by atoms with Crippen molar-refractivity contribution < 1.29 is 13.2 Å². The lowest BCUT2D eigenvalue weighted by Crippen LogP contribution is -2.23. The summed E-state index contributed by atoms with van der Waals surface area (Å²) >= 11 is 1.55. The van der Waals surface area contributed by atoms with Crippen LogP contribution in [0.1, 0.15) is 28.4 Å². The Morgan fingerprint density at radius 1 is 1.20 bits per heavy atom. The second-order valence-electron chi connectivity index (χ2n) is 4.49. The molecule has 0 fully saturated rings. The van der Waals surface area contributed by atoms with Gasteiger partial charge in [0.05, 0.1) is 4.90 Å². The van der Waals surface area contributed by atoms with Gasteiger partial charge in [-0.15, -0.1) is 0 Å². The molecule has 0 amide bonds. The lowest BCUT2D eigenvalue weighted by atomic mass is 10.2. The maximum absolute atomic E-state index is 12.1. The van der Waals surface area contributed by atoms with Crippen LogP contribution in [0.2, 0.25) is 0 Å². The van der Waals surface area contributed by atoms with Crippen LogP contribution in [-0.2, 0) is 16.6 Å². The van der Waals surface area contributed by atoms with Gasteiger partial charge in [-0.05, 0) is 47.9 Å². The molecule has 6 heteroatoms. The number of hydrogen-bond acceptors (Lipinski definition) is 4. The largest absolute Gasteiger partial charge is 0.295 e. The topological polar surface area (TPSA) is 63.2 Å². The summed E-state index contributed by atoms with van der Waals surface area (Å²) in [6.07, 6.45) is 0. The zero-order chi connectivity index (χ0) is 14.8. The average Bonchev–Trinajstić information content (AvgIpc) is 2.82. The molecule has 0 spiro atoms. The van der Waals surface area contributed by atoms with Gasteiger partial charge < -0.3 is 0 Å². The van der Waals surface area contributed by atoms with E-state index < -0.39 is 10.0 Å². The molecule has 1 aromatic heterocycles. The predicted molar refractivity (Wildman–Crippen MR) is 79.5 cm³/mol. The van der Waals surface area contributed by atoms with Crippen LogP contribution in [0.15, 0.2) is 39.9 Å². The highest BCUT2D eigenvalue weighted by atomic mass is 32.2. The fourth-order valence-corrected chi connectivity index (χ4v) is 3.56. The number of nitrogens with one attached hydrogen (secondary N) is 1. The molecule has 4 nitrogen and oxygen atoms in total. The molecule has 0 saturated heterocycles. The van der Waals surface area contributed by atoms with Gasteiger partial charge >= 0.3 is 0 Å². The van der Waals surface area contributed by atoms with E-state index in [1.165, 1.54) is 31.2 Å². The minimum Gasteiger partial charge on any atom is -0.295 e. The van der Waals surface area contributed by atoms with Gasteiger partial charge in [-0.25, -0.2) is 13.1 Å². The number of benzene rings is 1. The SMILES string of the molecule is CC(=O)c1ccc(S(=O)(=O)NCc2cscc2C)cc1. The number of rotatable bonds is 5. The molecule has 1 aromatic carbocycles. The van der Waals surface area contributed by atoms with Crippen molar-refractivity contribution in [3.8, 4) is 0 Å². The molecule has 0 aliphatic carbocycles. The Hall–Kier alpha value is -1.50. The van der Waals surface area contributed by atoms with Gasteiger partial charge in [0, 0.05) is 12.1 Å². The first kappa shape index (κ1) is 14.9. The Kier molecular flexibility index (Phi) is 4.37. The van der Waals surface area contributed by atoms with E-state index in [1.807, 2.05) is 17.7 Å². The molecule has 1 N–H and O–H groups in total. The number of hydrogen-bond donors (Lipinski definition) is 1. The van der Waals surface area contributed by atoms with Crippen LogP contribution in [-0.4, -0.2) is 14.2 Å². The zero-order valence-electron chi connectivity index (χ0n) is 11.2. The highest BCUT2D eigenvalue weighted by Gasteiger charge is 2.14. The third kappa shape index (κ3) is 3.33. The van der Waals surface area contributed by atoms with E-state index in [9.17, 15) is 13.2 Å². The van der Waals surface area contributed by atoms with Crippen molar-refractivity contribution in [2.45, 2.75) is 25.3 Å². The second-order valence-corrected chi connectivity index (χ2v) is 7.00. The molecule has 2 rings (SSSR count). The first-order chi connectivity index (χ1) is 9.40. The molecular formula is C14H15NO3S2. The van der Waals surface area contributed by atoms with Gasteiger partial charge in [0.25, 0.3) is 0 Å². The van der Waals surface area contributed by atoms with Gasteiger partial charge in [-0.2, -0.15) is 11.3 Å². The molecule has 0 saturated carbocycles. The Morgan fingerprint density at radius 3 is 2.35 bits per heavy atom. The number of aryl methyl sites for hydroxylation is 1. The van der Waals surface area contributed by atoms with Crippen LogP contribution < -0.4 is 4.72 Å². The molecule has 0 bridgehead atoms. The van der Waals surface area contributed by atoms with Crippen LogP contribution in [0.25, 0.3) is 0 Å². The summed E-state index contributed by atoms with van der Waals surface area (Å²) in [4.78, 5) is 11.3. The van der Waals surface area contributed by atoms with E-state index in [-0.39, 0.29) is 17.2 Å². The summed E-state index contributed by atoms with van der Waals surface area (Å²) in [6, 6.07) is 5.93. The van der Waals surface area contributed by atoms with Gasteiger partial charge in [0.2, 0.25) is 10.0 Å². The first-order valence-corrected chi connectivity index (χ1v) is 8.45. The Bertz CT molecular complexity index is 715. The number of ketones is 1. The molecular weight excluding hydrogens is 294 g/mol. The number of thiophene rings is 1. The standard InChI is InChI=1S/C14H15NO3S2/c1-10-8-19-9-13(10)7-15-20(17,18)14-5-3-12(4-6-14)11(2)16/h3-6,8-9,15H,7H2,1-2H3. The van der Waals surface area contributed by atoms with Crippen LogP contribution in [0.4, 0.5) is 0 Å². The molecule has 20 heavy (non-hydrogen) atoms. The number of carbonyl (C=O) groups excluding carboxylic acids is 1. The van der Waals surface area contributed by atoms with Crippen LogP contribution in [0.3, 0.4) is 0 Å². The molecule has 0 aliphatic rings. The number of carbonyl (C=O) groups is 1. The van der Waals surface area contributed by atoms with Crippen molar-refractivity contribution in [2.24, 2.45) is 0 Å². The summed E-state index contributed by atoms with van der Waals surface area (Å²) in [5.74, 6) is -0.0872. The third-order valence-electron chi connectivity index (χ3n) is 2.99. The number of Topliss-reactive ketones (excluding diaryl/α,β-unsaturated/α-hetero) is 1. The maximum Gasteiger partial charge on any atom is 0.240 e.